The molecule has 1 aliphatic carbocycles. The predicted molar refractivity (Wildman–Crippen MR) is 72.7 cm³/mol. The Labute approximate surface area is 113 Å². The molecular formula is C15H21NO3. The van der Waals surface area contributed by atoms with E-state index in [-0.39, 0.29) is 0 Å². The van der Waals surface area contributed by atoms with E-state index in [0.29, 0.717) is 0 Å². The molecule has 1 aromatic rings. The quantitative estimate of drug-likeness (QED) is 0.881. The van der Waals surface area contributed by atoms with Gasteiger partial charge in [-0.3, -0.25) is 0 Å². The molecule has 2 rings (SSSR count). The summed E-state index contributed by atoms with van der Waals surface area (Å²) < 4.78 is 5.24. The molecule has 19 heavy (non-hydrogen) atoms. The molecular weight excluding hydrogens is 242 g/mol. The molecule has 1 unspecified atom stereocenters. The van der Waals surface area contributed by atoms with Gasteiger partial charge in [0.1, 0.15) is 11.7 Å². The van der Waals surface area contributed by atoms with Crippen LogP contribution in [-0.4, -0.2) is 22.3 Å². The van der Waals surface area contributed by atoms with Crippen LogP contribution in [0.3, 0.4) is 0 Å². The van der Waals surface area contributed by atoms with Gasteiger partial charge in [0.25, 0.3) is 0 Å². The van der Waals surface area contributed by atoms with Crippen molar-refractivity contribution in [3.8, 4) is 0 Å². The molecule has 4 nitrogen and oxygen atoms in total. The Balaban J connectivity index is 2.02. The second kappa shape index (κ2) is 4.85. The molecule has 0 bridgehead atoms. The highest BCUT2D eigenvalue weighted by Crippen LogP contribution is 2.46. The van der Waals surface area contributed by atoms with Crippen molar-refractivity contribution in [3.63, 3.8) is 0 Å². The van der Waals surface area contributed by atoms with Crippen LogP contribution in [0.2, 0.25) is 0 Å². The lowest BCUT2D eigenvalue weighted by Crippen LogP contribution is -2.44. The molecule has 1 saturated carbocycles. The number of carbonyl (C=O) groups is 1. The van der Waals surface area contributed by atoms with Crippen LogP contribution in [-0.2, 0) is 4.74 Å². The van der Waals surface area contributed by atoms with E-state index >= 15 is 0 Å². The Morgan fingerprint density at radius 2 is 1.89 bits per heavy atom. The second-order valence-electron chi connectivity index (χ2n) is 6.10. The molecule has 2 N–H and O–H groups in total. The Morgan fingerprint density at radius 1 is 1.32 bits per heavy atom. The Kier molecular flexibility index (Phi) is 3.54. The van der Waals surface area contributed by atoms with E-state index in [1.165, 1.54) is 0 Å². The fourth-order valence-corrected chi connectivity index (χ4v) is 2.06. The largest absolute Gasteiger partial charge is 0.444 e. The molecule has 0 aromatic heterocycles. The summed E-state index contributed by atoms with van der Waals surface area (Å²) in [5.41, 5.74) is -0.280. The van der Waals surface area contributed by atoms with Crippen LogP contribution in [0.1, 0.15) is 45.3 Å². The lowest BCUT2D eigenvalue weighted by atomic mass is 10.0. The van der Waals surface area contributed by atoms with E-state index in [1.807, 2.05) is 51.1 Å². The maximum atomic E-state index is 11.8. The molecule has 1 amide bonds. The smallest absolute Gasteiger partial charge is 0.408 e. The van der Waals surface area contributed by atoms with E-state index in [9.17, 15) is 9.90 Å². The highest BCUT2D eigenvalue weighted by atomic mass is 16.6. The Morgan fingerprint density at radius 3 is 2.37 bits per heavy atom. The van der Waals surface area contributed by atoms with Crippen LogP contribution in [0.15, 0.2) is 30.3 Å². The number of amides is 1. The van der Waals surface area contributed by atoms with Gasteiger partial charge in [-0.2, -0.15) is 0 Å². The van der Waals surface area contributed by atoms with Crippen molar-refractivity contribution in [2.75, 3.05) is 0 Å². The van der Waals surface area contributed by atoms with Crippen LogP contribution in [0, 0.1) is 0 Å². The molecule has 4 heteroatoms. The molecule has 1 fully saturated rings. The van der Waals surface area contributed by atoms with Gasteiger partial charge in [0.2, 0.25) is 0 Å². The van der Waals surface area contributed by atoms with Crippen LogP contribution in [0.4, 0.5) is 4.79 Å². The van der Waals surface area contributed by atoms with Crippen LogP contribution < -0.4 is 5.32 Å². The molecule has 104 valence electrons. The summed E-state index contributed by atoms with van der Waals surface area (Å²) in [6.45, 7) is 5.46. The summed E-state index contributed by atoms with van der Waals surface area (Å²) in [4.78, 5) is 11.8. The highest BCUT2D eigenvalue weighted by molar-refractivity contribution is 5.69. The molecule has 1 aliphatic rings. The number of alkyl carbamates (subject to hydrolysis) is 1. The normalized spacial score (nSPS) is 18.5. The van der Waals surface area contributed by atoms with Crippen LogP contribution in [0.5, 0.6) is 0 Å². The van der Waals surface area contributed by atoms with Gasteiger partial charge in [0, 0.05) is 0 Å². The minimum absolute atomic E-state index is 0.472. The standard InChI is InChI=1S/C15H21NO3/c1-14(2,3)19-13(18)16-15(9-10-15)12(17)11-7-5-4-6-8-11/h4-8,12,17H,9-10H2,1-3H3,(H,16,18). The first kappa shape index (κ1) is 13.9. The fourth-order valence-electron chi connectivity index (χ4n) is 2.06. The molecule has 0 aliphatic heterocycles. The van der Waals surface area contributed by atoms with Gasteiger partial charge >= 0.3 is 6.09 Å². The highest BCUT2D eigenvalue weighted by Gasteiger charge is 2.51. The number of hydrogen-bond acceptors (Lipinski definition) is 3. The minimum atomic E-state index is -0.693. The average molecular weight is 263 g/mol. The summed E-state index contributed by atoms with van der Waals surface area (Å²) in [6, 6.07) is 9.38. The number of ether oxygens (including phenoxy) is 1. The second-order valence-corrected chi connectivity index (χ2v) is 6.10. The van der Waals surface area contributed by atoms with Crippen molar-refractivity contribution >= 4 is 6.09 Å². The fraction of sp³-hybridized carbons (Fsp3) is 0.533. The third-order valence-electron chi connectivity index (χ3n) is 3.18. The van der Waals surface area contributed by atoms with Crippen LogP contribution in [0.25, 0.3) is 0 Å². The van der Waals surface area contributed by atoms with Gasteiger partial charge in [-0.05, 0) is 39.2 Å². The zero-order valence-corrected chi connectivity index (χ0v) is 11.6. The first-order valence-electron chi connectivity index (χ1n) is 6.57. The zero-order chi connectivity index (χ0) is 14.1. The first-order valence-corrected chi connectivity index (χ1v) is 6.57. The Hall–Kier alpha value is -1.55. The van der Waals surface area contributed by atoms with Gasteiger partial charge in [-0.15, -0.1) is 0 Å². The SMILES string of the molecule is CC(C)(C)OC(=O)NC1(C(O)c2ccccc2)CC1. The van der Waals surface area contributed by atoms with Gasteiger partial charge in [0.05, 0.1) is 5.54 Å². The number of hydrogen-bond donors (Lipinski definition) is 2. The van der Waals surface area contributed by atoms with Crippen molar-refractivity contribution in [2.45, 2.75) is 50.9 Å². The van der Waals surface area contributed by atoms with Gasteiger partial charge in [0.15, 0.2) is 0 Å². The van der Waals surface area contributed by atoms with Gasteiger partial charge < -0.3 is 15.2 Å². The Bertz CT molecular complexity index is 446. The number of benzene rings is 1. The van der Waals surface area contributed by atoms with Crippen molar-refractivity contribution in [1.29, 1.82) is 0 Å². The summed E-state index contributed by atoms with van der Waals surface area (Å²) in [7, 11) is 0. The summed E-state index contributed by atoms with van der Waals surface area (Å²) in [5.74, 6) is 0. The van der Waals surface area contributed by atoms with Gasteiger partial charge in [-0.1, -0.05) is 30.3 Å². The summed E-state index contributed by atoms with van der Waals surface area (Å²) in [5, 5.41) is 13.2. The van der Waals surface area contributed by atoms with E-state index in [1.54, 1.807) is 0 Å². The van der Waals surface area contributed by atoms with Gasteiger partial charge in [-0.25, -0.2) is 4.79 Å². The number of nitrogens with one attached hydrogen (secondary N) is 1. The van der Waals surface area contributed by atoms with E-state index in [4.69, 9.17) is 4.74 Å². The molecule has 0 radical (unpaired) electrons. The van der Waals surface area contributed by atoms with E-state index < -0.39 is 23.3 Å². The number of aliphatic hydroxyl groups excluding tert-OH is 1. The molecule has 0 saturated heterocycles. The lowest BCUT2D eigenvalue weighted by molar-refractivity contribution is 0.0393. The van der Waals surface area contributed by atoms with Crippen molar-refractivity contribution in [3.05, 3.63) is 35.9 Å². The maximum Gasteiger partial charge on any atom is 0.408 e. The molecule has 0 heterocycles. The molecule has 0 spiro atoms. The number of aliphatic hydroxyl groups is 1. The van der Waals surface area contributed by atoms with Crippen molar-refractivity contribution in [1.82, 2.24) is 5.32 Å². The molecule has 1 aromatic carbocycles. The minimum Gasteiger partial charge on any atom is -0.444 e. The maximum absolute atomic E-state index is 11.8. The first-order chi connectivity index (χ1) is 8.82. The van der Waals surface area contributed by atoms with Crippen molar-refractivity contribution < 1.29 is 14.6 Å². The van der Waals surface area contributed by atoms with Crippen molar-refractivity contribution in [2.24, 2.45) is 0 Å². The average Bonchev–Trinajstić information content (AvgIpc) is 3.07. The van der Waals surface area contributed by atoms with E-state index in [2.05, 4.69) is 5.32 Å². The van der Waals surface area contributed by atoms with E-state index in [0.717, 1.165) is 18.4 Å². The van der Waals surface area contributed by atoms with Crippen LogP contribution >= 0.6 is 0 Å². The zero-order valence-electron chi connectivity index (χ0n) is 11.6. The number of carbonyl (C=O) groups excluding carboxylic acids is 1. The third-order valence-corrected chi connectivity index (χ3v) is 3.18. The topological polar surface area (TPSA) is 58.6 Å². The monoisotopic (exact) mass is 263 g/mol. The summed E-state index contributed by atoms with van der Waals surface area (Å²) in [6.07, 6.45) is 0.367. The number of rotatable bonds is 3. The molecule has 1 atom stereocenters. The predicted octanol–water partition coefficient (Wildman–Crippen LogP) is 2.78. The summed E-state index contributed by atoms with van der Waals surface area (Å²) >= 11 is 0. The lowest BCUT2D eigenvalue weighted by Gasteiger charge is -2.26. The third kappa shape index (κ3) is 3.47.